The number of pyridine rings is 1. The van der Waals surface area contributed by atoms with Crippen LogP contribution in [0, 0.1) is 6.92 Å². The van der Waals surface area contributed by atoms with E-state index in [9.17, 15) is 27.6 Å². The van der Waals surface area contributed by atoms with E-state index in [1.54, 1.807) is 25.1 Å². The molecule has 2 aromatic rings. The van der Waals surface area contributed by atoms with E-state index >= 15 is 0 Å². The lowest BCUT2D eigenvalue weighted by molar-refractivity contribution is -0.137. The summed E-state index contributed by atoms with van der Waals surface area (Å²) in [6.45, 7) is 2.68. The standard InChI is InChI=1S/C20H19F3N4O4/c1-11-8-12(4-6-14(11)31-3)19(2)17(29)27(18(30)26-19)10-16(28)25-15-7-5-13(9-24-15)20(21,22)23/h4-9H,10H2,1-3H3,(H,26,30)(H,24,25,28). The van der Waals surface area contributed by atoms with Crippen LogP contribution in [0.15, 0.2) is 36.5 Å². The molecule has 2 N–H and O–H groups in total. The molecule has 1 aromatic heterocycles. The van der Waals surface area contributed by atoms with Crippen LogP contribution in [-0.2, 0) is 21.3 Å². The Bertz CT molecular complexity index is 1040. The van der Waals surface area contributed by atoms with Gasteiger partial charge in [0.1, 0.15) is 23.7 Å². The lowest BCUT2D eigenvalue weighted by atomic mass is 9.90. The maximum Gasteiger partial charge on any atom is 0.417 e. The minimum Gasteiger partial charge on any atom is -0.496 e. The van der Waals surface area contributed by atoms with E-state index in [4.69, 9.17) is 4.74 Å². The Balaban J connectivity index is 1.72. The number of urea groups is 1. The fourth-order valence-corrected chi connectivity index (χ4v) is 3.19. The maximum absolute atomic E-state index is 12.9. The number of nitrogens with one attached hydrogen (secondary N) is 2. The van der Waals surface area contributed by atoms with Crippen LogP contribution in [0.4, 0.5) is 23.8 Å². The van der Waals surface area contributed by atoms with E-state index in [0.29, 0.717) is 17.5 Å². The molecule has 0 saturated carbocycles. The topological polar surface area (TPSA) is 101 Å². The molecule has 0 bridgehead atoms. The molecule has 1 aromatic carbocycles. The zero-order chi connectivity index (χ0) is 23.0. The number of hydrogen-bond acceptors (Lipinski definition) is 5. The number of ether oxygens (including phenoxy) is 1. The van der Waals surface area contributed by atoms with Gasteiger partial charge < -0.3 is 15.4 Å². The van der Waals surface area contributed by atoms with Gasteiger partial charge in [-0.1, -0.05) is 6.07 Å². The predicted molar refractivity (Wildman–Crippen MR) is 103 cm³/mol. The van der Waals surface area contributed by atoms with Gasteiger partial charge in [0.05, 0.1) is 12.7 Å². The number of aryl methyl sites for hydroxylation is 1. The SMILES string of the molecule is COc1ccc(C2(C)NC(=O)N(CC(=O)Nc3ccc(C(F)(F)F)cn3)C2=O)cc1C. The highest BCUT2D eigenvalue weighted by molar-refractivity contribution is 6.10. The number of carbonyl (C=O) groups excluding carboxylic acids is 3. The van der Waals surface area contributed by atoms with Crippen LogP contribution < -0.4 is 15.4 Å². The van der Waals surface area contributed by atoms with Crippen LogP contribution in [0.3, 0.4) is 0 Å². The Labute approximate surface area is 175 Å². The van der Waals surface area contributed by atoms with Crippen molar-refractivity contribution in [2.24, 2.45) is 0 Å². The highest BCUT2D eigenvalue weighted by Gasteiger charge is 2.49. The molecule has 1 aliphatic heterocycles. The first-order valence-electron chi connectivity index (χ1n) is 9.08. The van der Waals surface area contributed by atoms with Gasteiger partial charge in [-0.3, -0.25) is 14.5 Å². The Morgan fingerprint density at radius 2 is 1.97 bits per heavy atom. The summed E-state index contributed by atoms with van der Waals surface area (Å²) in [5, 5.41) is 4.85. The summed E-state index contributed by atoms with van der Waals surface area (Å²) in [6.07, 6.45) is -3.98. The summed E-state index contributed by atoms with van der Waals surface area (Å²) in [6, 6.07) is 5.99. The van der Waals surface area contributed by atoms with Crippen LogP contribution >= 0.6 is 0 Å². The number of carbonyl (C=O) groups is 3. The van der Waals surface area contributed by atoms with Crippen molar-refractivity contribution in [1.82, 2.24) is 15.2 Å². The van der Waals surface area contributed by atoms with E-state index in [1.807, 2.05) is 0 Å². The normalized spacial score (nSPS) is 18.7. The molecule has 31 heavy (non-hydrogen) atoms. The minimum absolute atomic E-state index is 0.140. The number of nitrogens with zero attached hydrogens (tertiary/aromatic N) is 2. The third kappa shape index (κ3) is 4.30. The Morgan fingerprint density at radius 3 is 2.52 bits per heavy atom. The first-order chi connectivity index (χ1) is 14.5. The molecule has 1 aliphatic rings. The summed E-state index contributed by atoms with van der Waals surface area (Å²) in [5.41, 5.74) is -1.09. The average molecular weight is 436 g/mol. The van der Waals surface area contributed by atoms with Crippen molar-refractivity contribution in [3.05, 3.63) is 53.2 Å². The number of methoxy groups -OCH3 is 1. The number of benzene rings is 1. The van der Waals surface area contributed by atoms with Gasteiger partial charge in [-0.2, -0.15) is 13.2 Å². The zero-order valence-corrected chi connectivity index (χ0v) is 16.8. The van der Waals surface area contributed by atoms with Crippen LogP contribution in [0.1, 0.15) is 23.6 Å². The van der Waals surface area contributed by atoms with Crippen molar-refractivity contribution in [1.29, 1.82) is 0 Å². The van der Waals surface area contributed by atoms with Crippen LogP contribution in [0.5, 0.6) is 5.75 Å². The second-order valence-electron chi connectivity index (χ2n) is 7.11. The first kappa shape index (κ1) is 22.1. The van der Waals surface area contributed by atoms with E-state index in [2.05, 4.69) is 15.6 Å². The van der Waals surface area contributed by atoms with Crippen molar-refractivity contribution in [3.8, 4) is 5.75 Å². The molecule has 0 aliphatic carbocycles. The summed E-state index contributed by atoms with van der Waals surface area (Å²) < 4.78 is 43.0. The van der Waals surface area contributed by atoms with E-state index < -0.39 is 41.7 Å². The molecule has 0 spiro atoms. The second kappa shape index (κ2) is 7.89. The number of halogens is 3. The van der Waals surface area contributed by atoms with Gasteiger partial charge in [-0.25, -0.2) is 9.78 Å². The molecule has 11 heteroatoms. The summed E-state index contributed by atoms with van der Waals surface area (Å²) in [4.78, 5) is 41.8. The highest BCUT2D eigenvalue weighted by atomic mass is 19.4. The number of alkyl halides is 3. The minimum atomic E-state index is -4.56. The van der Waals surface area contributed by atoms with Gasteiger partial charge >= 0.3 is 12.2 Å². The van der Waals surface area contributed by atoms with Crippen LogP contribution in [0.25, 0.3) is 0 Å². The number of imide groups is 1. The van der Waals surface area contributed by atoms with Gasteiger partial charge in [0.15, 0.2) is 0 Å². The highest BCUT2D eigenvalue weighted by Crippen LogP contribution is 2.32. The largest absolute Gasteiger partial charge is 0.496 e. The van der Waals surface area contributed by atoms with Crippen molar-refractivity contribution in [2.45, 2.75) is 25.6 Å². The van der Waals surface area contributed by atoms with Crippen LogP contribution in [-0.4, -0.2) is 41.4 Å². The smallest absolute Gasteiger partial charge is 0.417 e. The summed E-state index contributed by atoms with van der Waals surface area (Å²) in [7, 11) is 1.51. The second-order valence-corrected chi connectivity index (χ2v) is 7.11. The van der Waals surface area contributed by atoms with Crippen molar-refractivity contribution in [3.63, 3.8) is 0 Å². The number of hydrogen-bond donors (Lipinski definition) is 2. The molecule has 2 heterocycles. The number of amides is 4. The third-order valence-corrected chi connectivity index (χ3v) is 4.91. The fourth-order valence-electron chi connectivity index (χ4n) is 3.19. The van der Waals surface area contributed by atoms with E-state index in [1.165, 1.54) is 14.0 Å². The molecule has 164 valence electrons. The Morgan fingerprint density at radius 1 is 1.26 bits per heavy atom. The molecule has 8 nitrogen and oxygen atoms in total. The summed E-state index contributed by atoms with van der Waals surface area (Å²) in [5.74, 6) is -0.952. The van der Waals surface area contributed by atoms with Gasteiger partial charge in [0.2, 0.25) is 5.91 Å². The first-order valence-corrected chi connectivity index (χ1v) is 9.08. The fraction of sp³-hybridized carbons (Fsp3) is 0.300. The maximum atomic E-state index is 12.9. The molecular weight excluding hydrogens is 417 g/mol. The van der Waals surface area contributed by atoms with Crippen molar-refractivity contribution >= 4 is 23.7 Å². The van der Waals surface area contributed by atoms with Gasteiger partial charge in [-0.15, -0.1) is 0 Å². The molecule has 1 fully saturated rings. The number of anilines is 1. The lowest BCUT2D eigenvalue weighted by Crippen LogP contribution is -2.42. The summed E-state index contributed by atoms with van der Waals surface area (Å²) >= 11 is 0. The molecule has 3 rings (SSSR count). The number of aromatic nitrogens is 1. The predicted octanol–water partition coefficient (Wildman–Crippen LogP) is 2.82. The monoisotopic (exact) mass is 436 g/mol. The number of rotatable bonds is 5. The van der Waals surface area contributed by atoms with Crippen molar-refractivity contribution < 1.29 is 32.3 Å². The third-order valence-electron chi connectivity index (χ3n) is 4.91. The van der Waals surface area contributed by atoms with Crippen LogP contribution in [0.2, 0.25) is 0 Å². The average Bonchev–Trinajstić information content (AvgIpc) is 2.91. The molecule has 1 unspecified atom stereocenters. The Hall–Kier alpha value is -3.63. The Kier molecular flexibility index (Phi) is 5.62. The van der Waals surface area contributed by atoms with Gasteiger partial charge in [-0.05, 0) is 49.2 Å². The molecular formula is C20H19F3N4O4. The molecule has 4 amide bonds. The van der Waals surface area contributed by atoms with E-state index in [-0.39, 0.29) is 5.82 Å². The lowest BCUT2D eigenvalue weighted by Gasteiger charge is -2.23. The zero-order valence-electron chi connectivity index (χ0n) is 16.8. The van der Waals surface area contributed by atoms with Crippen molar-refractivity contribution in [2.75, 3.05) is 19.0 Å². The molecule has 1 saturated heterocycles. The van der Waals surface area contributed by atoms with Gasteiger partial charge in [0.25, 0.3) is 5.91 Å². The molecule has 1 atom stereocenters. The van der Waals surface area contributed by atoms with Gasteiger partial charge in [0, 0.05) is 6.20 Å². The van der Waals surface area contributed by atoms with E-state index in [0.717, 1.165) is 22.6 Å². The quantitative estimate of drug-likeness (QED) is 0.702. The molecule has 0 radical (unpaired) electrons.